The number of carbonyl (C=O) groups is 2. The molecule has 2 aromatic carbocycles. The van der Waals surface area contributed by atoms with Gasteiger partial charge in [0, 0.05) is 0 Å². The molecule has 0 fully saturated rings. The van der Waals surface area contributed by atoms with Crippen molar-refractivity contribution < 1.29 is 19.4 Å². The number of ether oxygens (including phenoxy) is 1. The van der Waals surface area contributed by atoms with Crippen molar-refractivity contribution in [3.8, 4) is 17.1 Å². The zero-order valence-corrected chi connectivity index (χ0v) is 22.5. The monoisotopic (exact) mass is 559 g/mol. The molecular formula is C26H30BrN3O4S. The number of nitrogens with zero attached hydrogens (tertiary/aromatic N) is 2. The molecule has 1 atom stereocenters. The second-order valence-electron chi connectivity index (χ2n) is 8.56. The number of aromatic nitrogens is 2. The fourth-order valence-corrected chi connectivity index (χ4v) is 4.76. The van der Waals surface area contributed by atoms with Gasteiger partial charge >= 0.3 is 5.97 Å². The Labute approximate surface area is 219 Å². The van der Waals surface area contributed by atoms with Gasteiger partial charge in [0.25, 0.3) is 6.01 Å². The van der Waals surface area contributed by atoms with Crippen LogP contribution in [0.15, 0.2) is 53.1 Å². The van der Waals surface area contributed by atoms with E-state index in [1.54, 1.807) is 18.2 Å². The van der Waals surface area contributed by atoms with E-state index in [-0.39, 0.29) is 23.3 Å². The van der Waals surface area contributed by atoms with Crippen molar-refractivity contribution in [1.29, 1.82) is 0 Å². The number of halogens is 1. The Bertz CT molecular complexity index is 1180. The molecule has 1 unspecified atom stereocenters. The van der Waals surface area contributed by atoms with Gasteiger partial charge in [0.05, 0.1) is 36.2 Å². The van der Waals surface area contributed by atoms with Crippen LogP contribution in [0.3, 0.4) is 0 Å². The number of amides is 1. The minimum Gasteiger partial charge on any atom is -0.478 e. The number of imidazole rings is 1. The maximum Gasteiger partial charge on any atom is 0.336 e. The molecule has 35 heavy (non-hydrogen) atoms. The van der Waals surface area contributed by atoms with Crippen LogP contribution < -0.4 is 10.1 Å². The molecule has 0 radical (unpaired) electrons. The van der Waals surface area contributed by atoms with Gasteiger partial charge in [-0.15, -0.1) is 0 Å². The molecule has 1 aromatic heterocycles. The summed E-state index contributed by atoms with van der Waals surface area (Å²) in [7, 11) is 0. The van der Waals surface area contributed by atoms with E-state index < -0.39 is 5.97 Å². The molecule has 1 heterocycles. The maximum absolute atomic E-state index is 12.5. The fourth-order valence-electron chi connectivity index (χ4n) is 3.74. The van der Waals surface area contributed by atoms with Gasteiger partial charge in [-0.2, -0.15) is 17.6 Å². The lowest BCUT2D eigenvalue weighted by Gasteiger charge is -2.16. The highest BCUT2D eigenvalue weighted by Gasteiger charge is 2.20. The molecule has 3 rings (SSSR count). The van der Waals surface area contributed by atoms with Crippen molar-refractivity contribution in [2.45, 2.75) is 45.5 Å². The number of carbonyl (C=O) groups excluding carboxylic acids is 1. The Hall–Kier alpha value is -2.78. The lowest BCUT2D eigenvalue weighted by atomic mass is 9.99. The second-order valence-corrected chi connectivity index (χ2v) is 9.94. The van der Waals surface area contributed by atoms with Gasteiger partial charge in [0.15, 0.2) is 0 Å². The van der Waals surface area contributed by atoms with E-state index in [1.807, 2.05) is 41.8 Å². The summed E-state index contributed by atoms with van der Waals surface area (Å²) in [4.78, 5) is 28.6. The molecule has 0 aliphatic heterocycles. The first-order valence-electron chi connectivity index (χ1n) is 11.5. The summed E-state index contributed by atoms with van der Waals surface area (Å²) in [5.41, 5.74) is 3.51. The summed E-state index contributed by atoms with van der Waals surface area (Å²) in [5.74, 6) is -0.713. The van der Waals surface area contributed by atoms with E-state index in [0.29, 0.717) is 41.7 Å². The van der Waals surface area contributed by atoms with Crippen LogP contribution in [0, 0.1) is 5.92 Å². The Balaban J connectivity index is 1.83. The highest BCUT2D eigenvalue weighted by atomic mass is 79.9. The van der Waals surface area contributed by atoms with E-state index in [0.717, 1.165) is 16.8 Å². The molecule has 0 spiro atoms. The topological polar surface area (TPSA) is 93.5 Å². The number of thiol groups is 1. The summed E-state index contributed by atoms with van der Waals surface area (Å²) in [6.45, 7) is 7.20. The molecule has 186 valence electrons. The number of carboxylic acid groups (broad SMARTS) is 1. The molecular weight excluding hydrogens is 530 g/mol. The smallest absolute Gasteiger partial charge is 0.336 e. The Morgan fingerprint density at radius 1 is 1.17 bits per heavy atom. The molecule has 0 aliphatic rings. The van der Waals surface area contributed by atoms with E-state index in [1.165, 1.54) is 0 Å². The second kappa shape index (κ2) is 12.3. The highest BCUT2D eigenvalue weighted by Crippen LogP contribution is 2.27. The van der Waals surface area contributed by atoms with E-state index >= 15 is 0 Å². The summed E-state index contributed by atoms with van der Waals surface area (Å²) >= 11 is 7.94. The van der Waals surface area contributed by atoms with Crippen LogP contribution in [0.1, 0.15) is 48.8 Å². The van der Waals surface area contributed by atoms with Crippen LogP contribution in [0.5, 0.6) is 6.01 Å². The Morgan fingerprint density at radius 3 is 2.49 bits per heavy atom. The predicted octanol–water partition coefficient (Wildman–Crippen LogP) is 5.42. The third-order valence-electron chi connectivity index (χ3n) is 5.45. The molecule has 0 aliphatic carbocycles. The van der Waals surface area contributed by atoms with Crippen LogP contribution >= 0.6 is 28.6 Å². The molecule has 0 bridgehead atoms. The van der Waals surface area contributed by atoms with Gasteiger partial charge in [0.1, 0.15) is 4.60 Å². The van der Waals surface area contributed by atoms with E-state index in [9.17, 15) is 14.7 Å². The number of hydrogen-bond acceptors (Lipinski definition) is 5. The third kappa shape index (κ3) is 6.89. The zero-order valence-electron chi connectivity index (χ0n) is 20.0. The summed E-state index contributed by atoms with van der Waals surface area (Å²) in [6.07, 6.45) is 0.691. The normalized spacial score (nSPS) is 11.9. The van der Waals surface area contributed by atoms with Gasteiger partial charge in [-0.3, -0.25) is 9.36 Å². The average molecular weight is 561 g/mol. The number of hydrogen-bond donors (Lipinski definition) is 3. The molecule has 2 N–H and O–H groups in total. The van der Waals surface area contributed by atoms with Gasteiger partial charge in [-0.1, -0.05) is 56.3 Å². The van der Waals surface area contributed by atoms with Crippen LogP contribution in [-0.4, -0.2) is 38.4 Å². The van der Waals surface area contributed by atoms with Crippen molar-refractivity contribution in [3.63, 3.8) is 0 Å². The van der Waals surface area contributed by atoms with Crippen molar-refractivity contribution in [1.82, 2.24) is 14.9 Å². The van der Waals surface area contributed by atoms with Crippen LogP contribution in [0.2, 0.25) is 0 Å². The van der Waals surface area contributed by atoms with Crippen molar-refractivity contribution in [2.75, 3.05) is 6.61 Å². The minimum atomic E-state index is -0.960. The van der Waals surface area contributed by atoms with Crippen LogP contribution in [0.4, 0.5) is 0 Å². The summed E-state index contributed by atoms with van der Waals surface area (Å²) in [6, 6.07) is 15.1. The minimum absolute atomic E-state index is 0.124. The van der Waals surface area contributed by atoms with E-state index in [2.05, 4.69) is 52.7 Å². The van der Waals surface area contributed by atoms with Gasteiger partial charge in [-0.05, 0) is 57.9 Å². The first kappa shape index (κ1) is 26.8. The summed E-state index contributed by atoms with van der Waals surface area (Å²) in [5, 5.41) is 12.1. The zero-order chi connectivity index (χ0) is 25.5. The first-order valence-corrected chi connectivity index (χ1v) is 12.8. The summed E-state index contributed by atoms with van der Waals surface area (Å²) < 4.78 is 8.27. The van der Waals surface area contributed by atoms with Crippen LogP contribution in [0.25, 0.3) is 11.1 Å². The first-order chi connectivity index (χ1) is 16.7. The van der Waals surface area contributed by atoms with Crippen molar-refractivity contribution in [3.05, 3.63) is 70.0 Å². The molecule has 0 saturated carbocycles. The number of nitrogens with one attached hydrogen (secondary N) is 1. The number of rotatable bonds is 11. The lowest BCUT2D eigenvalue weighted by Crippen LogP contribution is -2.32. The highest BCUT2D eigenvalue weighted by molar-refractivity contribution is 9.10. The van der Waals surface area contributed by atoms with Crippen LogP contribution in [-0.2, 0) is 17.9 Å². The Morgan fingerprint density at radius 2 is 1.86 bits per heavy atom. The fraction of sp³-hybridized carbons (Fsp3) is 0.346. The third-order valence-corrected chi connectivity index (χ3v) is 6.53. The lowest BCUT2D eigenvalue weighted by molar-refractivity contribution is -0.121. The standard InChI is InChI=1S/C26H30BrN3O4S/c1-4-34-26-29-23(27)21(14-28-24(31)22(35)13-16(2)3)30(26)15-17-9-11-18(12-10-17)19-7-5-6-8-20(19)25(32)33/h5-12,16,22,35H,4,13-15H2,1-3H3,(H,28,31)(H,32,33). The molecule has 9 heteroatoms. The van der Waals surface area contributed by atoms with Gasteiger partial charge < -0.3 is 15.2 Å². The largest absolute Gasteiger partial charge is 0.478 e. The SMILES string of the molecule is CCOc1nc(Br)c(CNC(=O)C(S)CC(C)C)n1Cc1ccc(-c2ccccc2C(=O)O)cc1. The molecule has 3 aromatic rings. The number of carboxylic acids is 1. The molecule has 1 amide bonds. The number of benzene rings is 2. The molecule has 0 saturated heterocycles. The van der Waals surface area contributed by atoms with E-state index in [4.69, 9.17) is 4.74 Å². The quantitative estimate of drug-likeness (QED) is 0.273. The number of aromatic carboxylic acids is 1. The maximum atomic E-state index is 12.5. The van der Waals surface area contributed by atoms with Crippen molar-refractivity contribution in [2.24, 2.45) is 5.92 Å². The predicted molar refractivity (Wildman–Crippen MR) is 143 cm³/mol. The average Bonchev–Trinajstić information content (AvgIpc) is 3.11. The van der Waals surface area contributed by atoms with Gasteiger partial charge in [-0.25, -0.2) is 4.79 Å². The van der Waals surface area contributed by atoms with Gasteiger partial charge in [0.2, 0.25) is 5.91 Å². The Kier molecular flexibility index (Phi) is 9.40. The van der Waals surface area contributed by atoms with Crippen molar-refractivity contribution >= 4 is 40.4 Å². The molecule has 7 nitrogen and oxygen atoms in total.